The van der Waals surface area contributed by atoms with E-state index in [2.05, 4.69) is 5.32 Å². The Balaban J connectivity index is 1.76. The molecule has 2 aliphatic heterocycles. The molecule has 1 N–H and O–H groups in total. The minimum Gasteiger partial charge on any atom is -0.356 e. The van der Waals surface area contributed by atoms with Gasteiger partial charge in [-0.15, -0.1) is 0 Å². The lowest BCUT2D eigenvalue weighted by Crippen LogP contribution is -2.43. The van der Waals surface area contributed by atoms with Crippen LogP contribution < -0.4 is 10.2 Å². The maximum atomic E-state index is 13.0. The Morgan fingerprint density at radius 1 is 1.19 bits per heavy atom. The molecule has 2 aliphatic rings. The number of hydrogen-bond donors (Lipinski definition) is 1. The number of anilines is 1. The third-order valence-corrected chi connectivity index (χ3v) is 7.26. The fourth-order valence-corrected chi connectivity index (χ4v) is 5.41. The average molecular weight is 394 g/mol. The summed E-state index contributed by atoms with van der Waals surface area (Å²) in [6.45, 7) is 5.35. The average Bonchev–Trinajstić information content (AvgIpc) is 2.67. The number of benzene rings is 1. The lowest BCUT2D eigenvalue weighted by molar-refractivity contribution is -0.126. The van der Waals surface area contributed by atoms with E-state index in [4.69, 9.17) is 0 Å². The van der Waals surface area contributed by atoms with Crippen LogP contribution >= 0.6 is 0 Å². The van der Waals surface area contributed by atoms with Gasteiger partial charge in [-0.25, -0.2) is 8.42 Å². The molecule has 0 spiro atoms. The van der Waals surface area contributed by atoms with Crippen LogP contribution in [0.15, 0.2) is 23.1 Å². The summed E-state index contributed by atoms with van der Waals surface area (Å²) >= 11 is 0. The molecule has 0 aromatic heterocycles. The van der Waals surface area contributed by atoms with Gasteiger partial charge in [0.15, 0.2) is 0 Å². The van der Waals surface area contributed by atoms with Gasteiger partial charge in [0, 0.05) is 44.7 Å². The zero-order valence-corrected chi connectivity index (χ0v) is 16.7. The van der Waals surface area contributed by atoms with Crippen molar-refractivity contribution in [3.05, 3.63) is 23.8 Å². The Bertz CT molecular complexity index is 829. The molecule has 0 aliphatic carbocycles. The lowest BCUT2D eigenvalue weighted by atomic mass is 9.97. The van der Waals surface area contributed by atoms with Gasteiger partial charge in [0.05, 0.1) is 4.90 Å². The van der Waals surface area contributed by atoms with E-state index in [9.17, 15) is 18.0 Å². The molecule has 0 saturated carbocycles. The van der Waals surface area contributed by atoms with E-state index in [1.54, 1.807) is 23.1 Å². The van der Waals surface area contributed by atoms with Crippen LogP contribution in [0.2, 0.25) is 0 Å². The van der Waals surface area contributed by atoms with E-state index in [-0.39, 0.29) is 22.6 Å². The summed E-state index contributed by atoms with van der Waals surface area (Å²) in [5.41, 5.74) is 1.71. The number of amides is 2. The van der Waals surface area contributed by atoms with Crippen LogP contribution in [0.3, 0.4) is 0 Å². The van der Waals surface area contributed by atoms with Gasteiger partial charge in [0.25, 0.3) is 0 Å². The first-order valence-electron chi connectivity index (χ1n) is 9.53. The van der Waals surface area contributed by atoms with Crippen LogP contribution in [0.25, 0.3) is 0 Å². The highest BCUT2D eigenvalue weighted by atomic mass is 32.2. The Labute approximate surface area is 160 Å². The molecular weight excluding hydrogens is 366 g/mol. The standard InChI is InChI=1S/C19H27N3O4S/c1-3-20-19(24)15-8-11-21(12-9-15)27(25,26)17-6-7-18-16(13-17)5-4-10-22(18)14(2)23/h6-7,13,15H,3-5,8-12H2,1-2H3,(H,20,24). The molecule has 0 atom stereocenters. The Kier molecular flexibility index (Phi) is 5.86. The van der Waals surface area contributed by atoms with Crippen molar-refractivity contribution in [1.29, 1.82) is 0 Å². The van der Waals surface area contributed by atoms with Crippen LogP contribution in [0, 0.1) is 5.92 Å². The molecule has 2 amide bonds. The first-order chi connectivity index (χ1) is 12.8. The molecule has 2 heterocycles. The van der Waals surface area contributed by atoms with Gasteiger partial charge in [0.2, 0.25) is 21.8 Å². The maximum Gasteiger partial charge on any atom is 0.243 e. The van der Waals surface area contributed by atoms with Crippen molar-refractivity contribution < 1.29 is 18.0 Å². The summed E-state index contributed by atoms with van der Waals surface area (Å²) in [6, 6.07) is 5.03. The molecule has 1 aromatic rings. The van der Waals surface area contributed by atoms with Gasteiger partial charge >= 0.3 is 0 Å². The van der Waals surface area contributed by atoms with Gasteiger partial charge < -0.3 is 10.2 Å². The zero-order chi connectivity index (χ0) is 19.6. The van der Waals surface area contributed by atoms with Gasteiger partial charge in [-0.3, -0.25) is 9.59 Å². The van der Waals surface area contributed by atoms with E-state index in [0.29, 0.717) is 39.0 Å². The fourth-order valence-electron chi connectivity index (χ4n) is 3.89. The summed E-state index contributed by atoms with van der Waals surface area (Å²) in [4.78, 5) is 25.7. The Hall–Kier alpha value is -1.93. The molecule has 3 rings (SSSR count). The highest BCUT2D eigenvalue weighted by molar-refractivity contribution is 7.89. The number of nitrogens with zero attached hydrogens (tertiary/aromatic N) is 2. The number of sulfonamides is 1. The molecule has 0 unspecified atom stereocenters. The van der Waals surface area contributed by atoms with Crippen molar-refractivity contribution in [3.63, 3.8) is 0 Å². The van der Waals surface area contributed by atoms with Crippen molar-refractivity contribution in [2.75, 3.05) is 31.1 Å². The van der Waals surface area contributed by atoms with Gasteiger partial charge in [-0.2, -0.15) is 4.31 Å². The predicted octanol–water partition coefficient (Wildman–Crippen LogP) is 1.52. The number of piperidine rings is 1. The molecular formula is C19H27N3O4S. The largest absolute Gasteiger partial charge is 0.356 e. The first kappa shape index (κ1) is 19.8. The summed E-state index contributed by atoms with van der Waals surface area (Å²) < 4.78 is 27.5. The number of rotatable bonds is 4. The van der Waals surface area contributed by atoms with E-state index < -0.39 is 10.0 Å². The number of hydrogen-bond acceptors (Lipinski definition) is 4. The molecule has 27 heavy (non-hydrogen) atoms. The van der Waals surface area contributed by atoms with E-state index >= 15 is 0 Å². The second kappa shape index (κ2) is 7.98. The number of aryl methyl sites for hydroxylation is 1. The Morgan fingerprint density at radius 2 is 1.89 bits per heavy atom. The van der Waals surface area contributed by atoms with Gasteiger partial charge in [0.1, 0.15) is 0 Å². The molecule has 1 aromatic carbocycles. The minimum absolute atomic E-state index is 0.00709. The number of carbonyl (C=O) groups is 2. The van der Waals surface area contributed by atoms with E-state index in [0.717, 1.165) is 24.1 Å². The molecule has 0 radical (unpaired) electrons. The monoisotopic (exact) mass is 393 g/mol. The lowest BCUT2D eigenvalue weighted by Gasteiger charge is -2.32. The van der Waals surface area contributed by atoms with E-state index in [1.165, 1.54) is 11.2 Å². The zero-order valence-electron chi connectivity index (χ0n) is 15.9. The summed E-state index contributed by atoms with van der Waals surface area (Å²) in [7, 11) is -3.60. The number of nitrogens with one attached hydrogen (secondary N) is 1. The molecule has 1 saturated heterocycles. The van der Waals surface area contributed by atoms with Crippen LogP contribution in [-0.2, 0) is 26.0 Å². The van der Waals surface area contributed by atoms with Crippen molar-refractivity contribution in [2.45, 2.75) is 44.4 Å². The molecule has 148 valence electrons. The maximum absolute atomic E-state index is 13.0. The topological polar surface area (TPSA) is 86.8 Å². The second-order valence-electron chi connectivity index (χ2n) is 7.14. The third-order valence-electron chi connectivity index (χ3n) is 5.36. The SMILES string of the molecule is CCNC(=O)C1CCN(S(=O)(=O)c2ccc3c(c2)CCCN3C(C)=O)CC1. The van der Waals surface area contributed by atoms with Crippen molar-refractivity contribution in [3.8, 4) is 0 Å². The highest BCUT2D eigenvalue weighted by Gasteiger charge is 2.32. The number of fused-ring (bicyclic) bond motifs is 1. The van der Waals surface area contributed by atoms with Crippen LogP contribution in [-0.4, -0.2) is 50.7 Å². The van der Waals surface area contributed by atoms with Crippen LogP contribution in [0.5, 0.6) is 0 Å². The molecule has 0 bridgehead atoms. The van der Waals surface area contributed by atoms with E-state index in [1.807, 2.05) is 6.92 Å². The minimum atomic E-state index is -3.60. The van der Waals surface area contributed by atoms with Gasteiger partial charge in [-0.1, -0.05) is 0 Å². The van der Waals surface area contributed by atoms with Crippen molar-refractivity contribution >= 4 is 27.5 Å². The third kappa shape index (κ3) is 4.01. The summed E-state index contributed by atoms with van der Waals surface area (Å²) in [5.74, 6) is -0.143. The highest BCUT2D eigenvalue weighted by Crippen LogP contribution is 2.31. The Morgan fingerprint density at radius 3 is 2.52 bits per heavy atom. The molecule has 1 fully saturated rings. The fraction of sp³-hybridized carbons (Fsp3) is 0.579. The van der Waals surface area contributed by atoms with Crippen molar-refractivity contribution in [2.24, 2.45) is 5.92 Å². The van der Waals surface area contributed by atoms with Crippen LogP contribution in [0.4, 0.5) is 5.69 Å². The normalized spacial score (nSPS) is 18.8. The van der Waals surface area contributed by atoms with Gasteiger partial charge in [-0.05, 0) is 56.4 Å². The quantitative estimate of drug-likeness (QED) is 0.840. The van der Waals surface area contributed by atoms with Crippen molar-refractivity contribution in [1.82, 2.24) is 9.62 Å². The molecule has 7 nitrogen and oxygen atoms in total. The first-order valence-corrected chi connectivity index (χ1v) is 11.0. The summed E-state index contributed by atoms with van der Waals surface area (Å²) in [6.07, 6.45) is 2.66. The molecule has 8 heteroatoms. The second-order valence-corrected chi connectivity index (χ2v) is 9.08. The van der Waals surface area contributed by atoms with Crippen LogP contribution in [0.1, 0.15) is 38.7 Å². The smallest absolute Gasteiger partial charge is 0.243 e. The summed E-state index contributed by atoms with van der Waals surface area (Å²) in [5, 5.41) is 2.81. The number of carbonyl (C=O) groups excluding carboxylic acids is 2. The predicted molar refractivity (Wildman–Crippen MR) is 103 cm³/mol.